The van der Waals surface area contributed by atoms with E-state index in [-0.39, 0.29) is 12.9 Å². The topological polar surface area (TPSA) is 100 Å². The lowest BCUT2D eigenvalue weighted by Gasteiger charge is -2.12. The van der Waals surface area contributed by atoms with Gasteiger partial charge < -0.3 is 24.1 Å². The van der Waals surface area contributed by atoms with E-state index in [9.17, 15) is 4.79 Å². The molecule has 0 bridgehead atoms. The molecule has 5 aromatic carbocycles. The maximum Gasteiger partial charge on any atom is 0.340 e. The highest BCUT2D eigenvalue weighted by Crippen LogP contribution is 2.34. The van der Waals surface area contributed by atoms with Crippen LogP contribution >= 0.6 is 0 Å². The highest BCUT2D eigenvalue weighted by molar-refractivity contribution is 5.89. The zero-order valence-electron chi connectivity index (χ0n) is 29.6. The van der Waals surface area contributed by atoms with Gasteiger partial charge in [-0.2, -0.15) is 0 Å². The Morgan fingerprint density at radius 3 is 1.75 bits per heavy atom. The number of aryl methyl sites for hydroxylation is 2. The van der Waals surface area contributed by atoms with Gasteiger partial charge in [-0.15, -0.1) is 0 Å². The molecular weight excluding hydrogens is 665 g/mol. The quantitative estimate of drug-likeness (QED) is 0.171. The van der Waals surface area contributed by atoms with E-state index in [1.807, 2.05) is 91.9 Å². The standard InChI is InChI=1S/C19H17NO2.C18H13NO3.C8H10O/c1-13-5-4-6-14(9-13)11-21-19-18-16(12-22-19)10-15-7-2-3-8-17(15)20-18;20-17(12-6-2-1-3-7-12)22-18-16-14(11-21-18)10-13-8-4-5-9-15(13)19-16;1-7-3-2-4-8(5-7)6-9/h2-10,19H,11-12H2,1H3;1-10,18H,11H2;2-5,9H,6H2,1H3. The average Bonchev–Trinajstić information content (AvgIpc) is 3.78. The molecule has 8 heteroatoms. The predicted molar refractivity (Wildman–Crippen MR) is 203 cm³/mol. The summed E-state index contributed by atoms with van der Waals surface area (Å²) in [5, 5.41) is 10.9. The van der Waals surface area contributed by atoms with Crippen LogP contribution in [0.15, 0.2) is 140 Å². The number of aliphatic hydroxyl groups excluding tert-OH is 1. The average molecular weight is 705 g/mol. The molecule has 7 aromatic rings. The molecule has 2 aromatic heterocycles. The molecule has 2 unspecified atom stereocenters. The number of carbonyl (C=O) groups excluding carboxylic acids is 1. The van der Waals surface area contributed by atoms with E-state index in [0.717, 1.165) is 49.8 Å². The van der Waals surface area contributed by atoms with Gasteiger partial charge in [-0.05, 0) is 61.4 Å². The summed E-state index contributed by atoms with van der Waals surface area (Å²) in [7, 11) is 0. The van der Waals surface area contributed by atoms with Crippen LogP contribution in [0.3, 0.4) is 0 Å². The number of para-hydroxylation sites is 2. The number of rotatable bonds is 6. The first-order chi connectivity index (χ1) is 25.9. The summed E-state index contributed by atoms with van der Waals surface area (Å²) in [6, 6.07) is 45.2. The van der Waals surface area contributed by atoms with E-state index in [4.69, 9.17) is 29.0 Å². The molecular formula is C45H40N2O6. The van der Waals surface area contributed by atoms with Crippen molar-refractivity contribution in [1.29, 1.82) is 0 Å². The lowest BCUT2D eigenvalue weighted by molar-refractivity contribution is -0.147. The fourth-order valence-electron chi connectivity index (χ4n) is 6.22. The molecule has 1 N–H and O–H groups in total. The molecule has 2 atom stereocenters. The van der Waals surface area contributed by atoms with Crippen LogP contribution in [0.25, 0.3) is 21.8 Å². The number of aromatic nitrogens is 2. The molecule has 2 aliphatic heterocycles. The fraction of sp³-hybridized carbons (Fsp3) is 0.178. The Kier molecular flexibility index (Phi) is 11.2. The van der Waals surface area contributed by atoms with Crippen molar-refractivity contribution < 1.29 is 28.8 Å². The van der Waals surface area contributed by atoms with Crippen molar-refractivity contribution in [3.05, 3.63) is 190 Å². The maximum atomic E-state index is 12.1. The molecule has 0 saturated heterocycles. The summed E-state index contributed by atoms with van der Waals surface area (Å²) in [6.45, 7) is 5.73. The lowest BCUT2D eigenvalue weighted by atomic mass is 10.1. The minimum absolute atomic E-state index is 0.141. The van der Waals surface area contributed by atoms with E-state index in [0.29, 0.717) is 31.1 Å². The zero-order valence-corrected chi connectivity index (χ0v) is 29.6. The molecule has 0 amide bonds. The van der Waals surface area contributed by atoms with Crippen LogP contribution in [0, 0.1) is 13.8 Å². The van der Waals surface area contributed by atoms with Crippen molar-refractivity contribution in [2.45, 2.75) is 52.9 Å². The molecule has 0 radical (unpaired) electrons. The monoisotopic (exact) mass is 704 g/mol. The zero-order chi connectivity index (χ0) is 36.6. The Labute approximate surface area is 308 Å². The third-order valence-electron chi connectivity index (χ3n) is 8.87. The summed E-state index contributed by atoms with van der Waals surface area (Å²) in [5.41, 5.74) is 10.6. The third-order valence-corrected chi connectivity index (χ3v) is 8.87. The van der Waals surface area contributed by atoms with Crippen LogP contribution in [0.5, 0.6) is 0 Å². The maximum absolute atomic E-state index is 12.1. The Morgan fingerprint density at radius 1 is 0.642 bits per heavy atom. The Bertz CT molecular complexity index is 2340. The summed E-state index contributed by atoms with van der Waals surface area (Å²) in [4.78, 5) is 21.4. The van der Waals surface area contributed by atoms with Gasteiger partial charge >= 0.3 is 5.97 Å². The van der Waals surface area contributed by atoms with Crippen molar-refractivity contribution in [3.63, 3.8) is 0 Å². The van der Waals surface area contributed by atoms with Crippen LogP contribution in [0.2, 0.25) is 0 Å². The molecule has 0 saturated carbocycles. The first kappa shape index (κ1) is 35.6. The number of benzene rings is 5. The fourth-order valence-corrected chi connectivity index (χ4v) is 6.22. The molecule has 0 spiro atoms. The molecule has 0 aliphatic carbocycles. The van der Waals surface area contributed by atoms with Gasteiger partial charge in [-0.1, -0.05) is 114 Å². The predicted octanol–water partition coefficient (Wildman–Crippen LogP) is 9.40. The molecule has 9 rings (SSSR count). The van der Waals surface area contributed by atoms with Crippen LogP contribution in [0.1, 0.15) is 67.7 Å². The highest BCUT2D eigenvalue weighted by atomic mass is 16.7. The summed E-state index contributed by atoms with van der Waals surface area (Å²) in [6.07, 6.45) is -1.12. The number of pyridine rings is 2. The minimum Gasteiger partial charge on any atom is -0.426 e. The summed E-state index contributed by atoms with van der Waals surface area (Å²) < 4.78 is 22.7. The van der Waals surface area contributed by atoms with Gasteiger partial charge in [0.05, 0.1) is 43.0 Å². The minimum atomic E-state index is -0.743. The number of carbonyl (C=O) groups is 1. The van der Waals surface area contributed by atoms with Gasteiger partial charge in [0.2, 0.25) is 12.6 Å². The van der Waals surface area contributed by atoms with Gasteiger partial charge in [0.1, 0.15) is 11.4 Å². The van der Waals surface area contributed by atoms with Crippen molar-refractivity contribution in [2.75, 3.05) is 0 Å². The van der Waals surface area contributed by atoms with Gasteiger partial charge in [0, 0.05) is 21.9 Å². The largest absolute Gasteiger partial charge is 0.426 e. The summed E-state index contributed by atoms with van der Waals surface area (Å²) >= 11 is 0. The first-order valence-corrected chi connectivity index (χ1v) is 17.5. The molecule has 4 heterocycles. The van der Waals surface area contributed by atoms with E-state index < -0.39 is 12.3 Å². The van der Waals surface area contributed by atoms with Crippen molar-refractivity contribution in [3.8, 4) is 0 Å². The number of hydrogen-bond acceptors (Lipinski definition) is 8. The second-order valence-corrected chi connectivity index (χ2v) is 13.0. The Balaban J connectivity index is 0.000000134. The molecule has 2 aliphatic rings. The molecule has 8 nitrogen and oxygen atoms in total. The number of nitrogens with zero attached hydrogens (tertiary/aromatic N) is 2. The molecule has 0 fully saturated rings. The van der Waals surface area contributed by atoms with E-state index in [2.05, 4.69) is 42.2 Å². The molecule has 53 heavy (non-hydrogen) atoms. The number of ether oxygens (including phenoxy) is 4. The van der Waals surface area contributed by atoms with Crippen LogP contribution in [0.4, 0.5) is 0 Å². The van der Waals surface area contributed by atoms with Gasteiger partial charge in [-0.25, -0.2) is 14.8 Å². The van der Waals surface area contributed by atoms with Crippen LogP contribution in [-0.4, -0.2) is 21.0 Å². The Morgan fingerprint density at radius 2 is 1.17 bits per heavy atom. The normalized spacial score (nSPS) is 15.5. The lowest BCUT2D eigenvalue weighted by Crippen LogP contribution is -2.11. The van der Waals surface area contributed by atoms with Crippen LogP contribution in [-0.2, 0) is 45.4 Å². The second kappa shape index (κ2) is 16.7. The highest BCUT2D eigenvalue weighted by Gasteiger charge is 2.29. The van der Waals surface area contributed by atoms with Crippen molar-refractivity contribution in [1.82, 2.24) is 9.97 Å². The summed E-state index contributed by atoms with van der Waals surface area (Å²) in [5.74, 6) is -0.409. The number of hydrogen-bond donors (Lipinski definition) is 1. The van der Waals surface area contributed by atoms with Gasteiger partial charge in [0.25, 0.3) is 0 Å². The number of fused-ring (bicyclic) bond motifs is 4. The van der Waals surface area contributed by atoms with Gasteiger partial charge in [0.15, 0.2) is 0 Å². The van der Waals surface area contributed by atoms with Crippen molar-refractivity contribution in [2.24, 2.45) is 0 Å². The van der Waals surface area contributed by atoms with Gasteiger partial charge in [-0.3, -0.25) is 0 Å². The SMILES string of the molecule is Cc1cccc(CO)c1.Cc1cccc(COC2OCc3cc4ccccc4nc32)c1.O=C(OC1OCc2cc3ccccc3nc21)c1ccccc1. The van der Waals surface area contributed by atoms with E-state index in [1.165, 1.54) is 11.1 Å². The third kappa shape index (κ3) is 8.83. The second-order valence-electron chi connectivity index (χ2n) is 13.0. The van der Waals surface area contributed by atoms with Crippen LogP contribution < -0.4 is 0 Å². The van der Waals surface area contributed by atoms with E-state index in [1.54, 1.807) is 24.3 Å². The smallest absolute Gasteiger partial charge is 0.340 e. The van der Waals surface area contributed by atoms with Crippen molar-refractivity contribution >= 4 is 27.8 Å². The molecule has 266 valence electrons. The number of esters is 1. The Hall–Kier alpha value is -5.77. The number of aliphatic hydroxyl groups is 1. The first-order valence-electron chi connectivity index (χ1n) is 17.5. The van der Waals surface area contributed by atoms with E-state index >= 15 is 0 Å².